The van der Waals surface area contributed by atoms with E-state index in [-0.39, 0.29) is 50.0 Å². The van der Waals surface area contributed by atoms with Crippen molar-refractivity contribution in [1.29, 1.82) is 0 Å². The molecule has 1 aliphatic rings. The Balaban J connectivity index is 0.000000347. The Labute approximate surface area is 323 Å². The third kappa shape index (κ3) is 9.37. The number of carbonyl (C=O) groups excluding carboxylic acids is 1. The van der Waals surface area contributed by atoms with Crippen LogP contribution in [0.25, 0.3) is 32.9 Å². The Morgan fingerprint density at radius 3 is 2.13 bits per heavy atom. The zero-order valence-electron chi connectivity index (χ0n) is 32.9. The number of alkyl halides is 3. The molecule has 0 atom stereocenters. The molecule has 1 fully saturated rings. The molecule has 285 valence electrons. The summed E-state index contributed by atoms with van der Waals surface area (Å²) in [6.45, 7) is 22.0. The molecule has 0 bridgehead atoms. The van der Waals surface area contributed by atoms with Crippen LogP contribution in [0.15, 0.2) is 60.4 Å². The Hall–Kier alpha value is -3.02. The number of benzene rings is 3. The third-order valence-electron chi connectivity index (χ3n) is 11.0. The van der Waals surface area contributed by atoms with Gasteiger partial charge in [0.1, 0.15) is 5.41 Å². The summed E-state index contributed by atoms with van der Waals surface area (Å²) in [5, 5.41) is 13.2. The van der Waals surface area contributed by atoms with Gasteiger partial charge in [-0.1, -0.05) is 104 Å². The molecule has 1 N–H and O–H groups in total. The Bertz CT molecular complexity index is 1900. The van der Waals surface area contributed by atoms with E-state index in [4.69, 9.17) is 4.98 Å². The number of aliphatic hydroxyl groups excluding tert-OH is 1. The summed E-state index contributed by atoms with van der Waals surface area (Å²) in [6.07, 6.45) is 0.561. The minimum atomic E-state index is -4.60. The molecule has 0 amide bonds. The number of rotatable bonds is 7. The summed E-state index contributed by atoms with van der Waals surface area (Å²) in [5.74, 6) is -1.15. The van der Waals surface area contributed by atoms with Crippen molar-refractivity contribution in [2.75, 3.05) is 0 Å². The number of carbonyl (C=O) groups is 1. The predicted molar refractivity (Wildman–Crippen MR) is 206 cm³/mol. The molecule has 1 heterocycles. The maximum Gasteiger partial charge on any atom is 0.401 e. The first-order chi connectivity index (χ1) is 23.6. The average molecular weight is 893 g/mol. The number of aromatic nitrogens is 1. The smallest absolute Gasteiger partial charge is 0.401 e. The predicted octanol–water partition coefficient (Wildman–Crippen LogP) is 13.5. The molecule has 1 saturated carbocycles. The zero-order chi connectivity index (χ0) is 38.1. The van der Waals surface area contributed by atoms with Crippen LogP contribution in [0.4, 0.5) is 13.2 Å². The fourth-order valence-corrected chi connectivity index (χ4v) is 7.53. The first kappa shape index (κ1) is 43.4. The summed E-state index contributed by atoms with van der Waals surface area (Å²) >= 11 is 0. The molecule has 1 radical (unpaired) electrons. The van der Waals surface area contributed by atoms with Gasteiger partial charge in [-0.25, -0.2) is 0 Å². The molecule has 0 saturated heterocycles. The molecule has 5 rings (SSSR count). The number of pyridine rings is 1. The number of fused-ring (bicyclic) bond motifs is 2. The van der Waals surface area contributed by atoms with Crippen molar-refractivity contribution in [3.05, 3.63) is 88.7 Å². The van der Waals surface area contributed by atoms with Crippen LogP contribution in [0.2, 0.25) is 0 Å². The second kappa shape index (κ2) is 16.6. The van der Waals surface area contributed by atoms with E-state index in [0.717, 1.165) is 16.8 Å². The molecular weight excluding hydrogens is 836 g/mol. The number of allylic oxidation sites excluding steroid dienone is 2. The number of ketones is 1. The maximum atomic E-state index is 12.9. The summed E-state index contributed by atoms with van der Waals surface area (Å²) in [5.41, 5.74) is 6.93. The molecule has 3 aromatic carbocycles. The summed E-state index contributed by atoms with van der Waals surface area (Å²) in [6, 6.07) is 21.7. The molecule has 0 aliphatic heterocycles. The molecule has 7 heteroatoms. The van der Waals surface area contributed by atoms with Crippen molar-refractivity contribution in [2.24, 2.45) is 16.7 Å². The quantitative estimate of drug-likeness (QED) is 0.114. The normalized spacial score (nSPS) is 15.7. The van der Waals surface area contributed by atoms with Crippen molar-refractivity contribution in [2.45, 2.75) is 132 Å². The topological polar surface area (TPSA) is 50.2 Å². The van der Waals surface area contributed by atoms with Crippen molar-refractivity contribution in [1.82, 2.24) is 4.98 Å². The van der Waals surface area contributed by atoms with Crippen molar-refractivity contribution >= 4 is 27.5 Å². The van der Waals surface area contributed by atoms with Gasteiger partial charge < -0.3 is 5.11 Å². The van der Waals surface area contributed by atoms with Gasteiger partial charge >= 0.3 is 6.18 Å². The minimum absolute atomic E-state index is 0. The molecule has 1 aliphatic carbocycles. The van der Waals surface area contributed by atoms with Gasteiger partial charge in [0.25, 0.3) is 0 Å². The second-order valence-electron chi connectivity index (χ2n) is 16.8. The molecule has 4 aromatic rings. The van der Waals surface area contributed by atoms with Gasteiger partial charge in [0.05, 0.1) is 11.3 Å². The van der Waals surface area contributed by atoms with Gasteiger partial charge in [-0.15, -0.1) is 29.1 Å². The first-order valence-corrected chi connectivity index (χ1v) is 18.5. The first-order valence-electron chi connectivity index (χ1n) is 18.5. The fourth-order valence-electron chi connectivity index (χ4n) is 7.53. The van der Waals surface area contributed by atoms with E-state index in [1.54, 1.807) is 13.8 Å². The second-order valence-corrected chi connectivity index (χ2v) is 16.8. The fraction of sp³-hybridized carbons (Fsp3) is 0.511. The summed E-state index contributed by atoms with van der Waals surface area (Å²) in [7, 11) is 0. The van der Waals surface area contributed by atoms with E-state index in [2.05, 4.69) is 103 Å². The van der Waals surface area contributed by atoms with E-state index in [1.165, 1.54) is 77.9 Å². The number of aliphatic hydroxyl groups is 1. The van der Waals surface area contributed by atoms with Gasteiger partial charge in [0.2, 0.25) is 0 Å². The Morgan fingerprint density at radius 1 is 1.00 bits per heavy atom. The molecule has 52 heavy (non-hydrogen) atoms. The van der Waals surface area contributed by atoms with E-state index in [1.807, 2.05) is 0 Å². The van der Waals surface area contributed by atoms with Crippen LogP contribution in [0.1, 0.15) is 129 Å². The van der Waals surface area contributed by atoms with Crippen LogP contribution in [-0.4, -0.2) is 22.1 Å². The van der Waals surface area contributed by atoms with Crippen LogP contribution in [-0.2, 0) is 30.3 Å². The monoisotopic (exact) mass is 893 g/mol. The van der Waals surface area contributed by atoms with Crippen LogP contribution in [0, 0.1) is 36.7 Å². The number of aryl methyl sites for hydroxylation is 2. The van der Waals surface area contributed by atoms with Crippen molar-refractivity contribution in [3.63, 3.8) is 0 Å². The third-order valence-corrected chi connectivity index (χ3v) is 11.0. The van der Waals surface area contributed by atoms with Gasteiger partial charge in [0, 0.05) is 43.2 Å². The van der Waals surface area contributed by atoms with Crippen LogP contribution >= 0.6 is 0 Å². The summed E-state index contributed by atoms with van der Waals surface area (Å²) in [4.78, 5) is 17.0. The van der Waals surface area contributed by atoms with Crippen LogP contribution in [0.5, 0.6) is 0 Å². The van der Waals surface area contributed by atoms with E-state index < -0.39 is 17.4 Å². The van der Waals surface area contributed by atoms with E-state index in [0.29, 0.717) is 17.4 Å². The Morgan fingerprint density at radius 2 is 1.60 bits per heavy atom. The maximum absolute atomic E-state index is 12.9. The number of halogens is 3. The number of hydrogen-bond donors (Lipinski definition) is 1. The zero-order valence-corrected chi connectivity index (χ0v) is 35.3. The molecular formula is C45H57F3IrNO2-. The average Bonchev–Trinajstić information content (AvgIpc) is 3.03. The van der Waals surface area contributed by atoms with E-state index >= 15 is 0 Å². The molecule has 3 nitrogen and oxygen atoms in total. The minimum Gasteiger partial charge on any atom is -0.512 e. The van der Waals surface area contributed by atoms with Gasteiger partial charge in [-0.2, -0.15) is 13.2 Å². The summed E-state index contributed by atoms with van der Waals surface area (Å²) < 4.78 is 38.8. The number of nitrogens with zero attached hydrogens (tertiary/aromatic N) is 1. The van der Waals surface area contributed by atoms with Gasteiger partial charge in [-0.05, 0) is 91.9 Å². The van der Waals surface area contributed by atoms with Crippen molar-refractivity contribution in [3.8, 4) is 11.3 Å². The van der Waals surface area contributed by atoms with Crippen molar-refractivity contribution < 1.29 is 43.2 Å². The van der Waals surface area contributed by atoms with Gasteiger partial charge in [0.15, 0.2) is 5.78 Å². The van der Waals surface area contributed by atoms with Crippen LogP contribution in [0.3, 0.4) is 0 Å². The number of hydrogen-bond acceptors (Lipinski definition) is 3. The standard InChI is InChI=1S/C33H38N.C12H19F3O2.Ir/c1-21-16-22(2)31-27(23-12-14-33(6,7)15-13-23)20-29(34-30(31)17-21)25-18-24-10-8-9-11-26(24)28(19-25)32(3,4)5;1-5-11(6-2,12(13,14)15)10(17)7-9(16)8(3)4;/h8-11,16-17,19-20,23H,12-15H2,1-7H3;7-8,16H,5-6H2,1-4H3;/q-1;;/b;9-7-;. The van der Waals surface area contributed by atoms with Gasteiger partial charge in [-0.3, -0.25) is 9.78 Å². The van der Waals surface area contributed by atoms with Crippen LogP contribution < -0.4 is 0 Å². The van der Waals surface area contributed by atoms with E-state index in [9.17, 15) is 23.1 Å². The Kier molecular flexibility index (Phi) is 13.8. The molecule has 0 unspecified atom stereocenters. The molecule has 1 aromatic heterocycles. The SMILES string of the molecule is CCC(CC)(C(=O)/C=C(\O)C(C)C)C(F)(F)F.Cc1cc(C)c2c(C3CCC(C)(C)CC3)cc(-c3[c-]c4ccccc4c(C(C)(C)C)c3)nc2c1.[Ir]. The largest absolute Gasteiger partial charge is 0.512 e. The molecule has 0 spiro atoms.